The molecule has 13 N–H and O–H groups in total. The number of aliphatic hydroxyl groups is 10. The van der Waals surface area contributed by atoms with Gasteiger partial charge in [-0.05, 0) is 45.0 Å². The number of aliphatic hydroxyl groups excluding tert-OH is 10. The fourth-order valence-corrected chi connectivity index (χ4v) is 7.62. The molecule has 7 rings (SSSR count). The van der Waals surface area contributed by atoms with Crippen LogP contribution in [0.15, 0.2) is 45.6 Å². The quantitative estimate of drug-likeness (QED) is 0.0932. The van der Waals surface area contributed by atoms with Gasteiger partial charge in [-0.2, -0.15) is 0 Å². The van der Waals surface area contributed by atoms with Gasteiger partial charge in [0.2, 0.25) is 17.5 Å². The Hall–Kier alpha value is -3.83. The molecule has 4 saturated heterocycles. The standard InChI is InChI=1S/C39H50O23/c1-11-21(43)26(48)29(51)36(55-11)54-10-19-24(46)28(50)35(62-38-31(53)33(23(45)13(3)57-38)60-37-30(52)27(49)22(44)12(2)56-37)39(59-19)61-34-25(47)20-17(42)8-16(41)9-18(20)58-32(34)14-4-6-15(40)7-5-14/h4-9,11-13,19,21-24,26-31,33,35-46,48-53H,10H2,1-3H3/t11-,12-,13-,19+,21-,22-,23-,24-,26+,27+,28-,29+,30+,31+,33+,35+,36+,37-,38-,39-/m0/s1. The van der Waals surface area contributed by atoms with Crippen LogP contribution in [0.4, 0.5) is 0 Å². The monoisotopic (exact) mass is 886 g/mol. The molecule has 4 fully saturated rings. The molecular weight excluding hydrogens is 836 g/mol. The van der Waals surface area contributed by atoms with Crippen LogP contribution >= 0.6 is 0 Å². The molecule has 0 bridgehead atoms. The molecule has 0 amide bonds. The number of hydrogen-bond acceptors (Lipinski definition) is 23. The molecule has 0 saturated carbocycles. The summed E-state index contributed by atoms with van der Waals surface area (Å²) in [7, 11) is 0. The number of hydrogen-bond donors (Lipinski definition) is 13. The van der Waals surface area contributed by atoms with Gasteiger partial charge in [-0.1, -0.05) is 0 Å². The van der Waals surface area contributed by atoms with Crippen molar-refractivity contribution in [2.45, 2.75) is 144 Å². The average Bonchev–Trinajstić information content (AvgIpc) is 3.23. The van der Waals surface area contributed by atoms with Crippen LogP contribution in [0.25, 0.3) is 22.3 Å². The zero-order chi connectivity index (χ0) is 45.1. The first-order valence-electron chi connectivity index (χ1n) is 19.6. The highest BCUT2D eigenvalue weighted by Gasteiger charge is 2.54. The van der Waals surface area contributed by atoms with Crippen molar-refractivity contribution in [3.8, 4) is 34.3 Å². The van der Waals surface area contributed by atoms with E-state index in [4.69, 9.17) is 42.3 Å². The molecule has 5 heterocycles. The van der Waals surface area contributed by atoms with Gasteiger partial charge in [0.05, 0.1) is 24.9 Å². The normalized spacial score (nSPS) is 41.6. The van der Waals surface area contributed by atoms with Gasteiger partial charge in [-0.3, -0.25) is 4.79 Å². The van der Waals surface area contributed by atoms with Gasteiger partial charge >= 0.3 is 0 Å². The first-order valence-corrected chi connectivity index (χ1v) is 19.6. The zero-order valence-electron chi connectivity index (χ0n) is 33.1. The summed E-state index contributed by atoms with van der Waals surface area (Å²) in [6.07, 6.45) is -33.7. The summed E-state index contributed by atoms with van der Waals surface area (Å²) in [5.41, 5.74) is -1.27. The van der Waals surface area contributed by atoms with Crippen LogP contribution in [0, 0.1) is 0 Å². The molecule has 62 heavy (non-hydrogen) atoms. The molecule has 0 radical (unpaired) electrons. The second kappa shape index (κ2) is 18.3. The third-order valence-corrected chi connectivity index (χ3v) is 11.3. The minimum atomic E-state index is -2.10. The summed E-state index contributed by atoms with van der Waals surface area (Å²) in [4.78, 5) is 14.3. The molecule has 4 aliphatic heterocycles. The zero-order valence-corrected chi connectivity index (χ0v) is 33.1. The Morgan fingerprint density at radius 1 is 0.548 bits per heavy atom. The Bertz CT molecular complexity index is 2070. The molecule has 3 aromatic rings. The van der Waals surface area contributed by atoms with Crippen LogP contribution in [0.2, 0.25) is 0 Å². The van der Waals surface area contributed by atoms with E-state index in [-0.39, 0.29) is 22.7 Å². The van der Waals surface area contributed by atoms with Crippen LogP contribution < -0.4 is 10.2 Å². The summed E-state index contributed by atoms with van der Waals surface area (Å²) in [5.74, 6) is -2.46. The Balaban J connectivity index is 1.24. The minimum Gasteiger partial charge on any atom is -0.508 e. The van der Waals surface area contributed by atoms with Crippen LogP contribution in [-0.4, -0.2) is 196 Å². The minimum absolute atomic E-state index is 0.0968. The lowest BCUT2D eigenvalue weighted by Gasteiger charge is -2.48. The summed E-state index contributed by atoms with van der Waals surface area (Å²) in [5, 5.41) is 138. The number of aromatic hydroxyl groups is 3. The molecule has 23 nitrogen and oxygen atoms in total. The lowest BCUT2D eigenvalue weighted by molar-refractivity contribution is -0.378. The summed E-state index contributed by atoms with van der Waals surface area (Å²) >= 11 is 0. The van der Waals surface area contributed by atoms with E-state index in [1.807, 2.05) is 0 Å². The van der Waals surface area contributed by atoms with E-state index in [0.717, 1.165) is 12.1 Å². The SMILES string of the molecule is C[C@@H]1O[C@@H](OC[C@H]2O[C@@H](Oc3c(-c4ccc(O)cc4)oc4cc(O)cc(O)c4c3=O)[C@H](O[C@@H]3O[C@@H](C)[C@H](O)[C@@H](O[C@@H]4O[C@@H](C)[C@H](O)[C@@H](O)[C@H]4O)[C@H]3O)[C@@H](O)[C@H]2O)[C@H](O)[C@H](O)[C@H]1O. The van der Waals surface area contributed by atoms with Crippen LogP contribution in [0.5, 0.6) is 23.0 Å². The fraction of sp³-hybridized carbons (Fsp3) is 0.615. The molecule has 0 unspecified atom stereocenters. The summed E-state index contributed by atoms with van der Waals surface area (Å²) in [6, 6.07) is 7.04. The second-order valence-electron chi connectivity index (χ2n) is 15.7. The molecule has 344 valence electrons. The maximum absolute atomic E-state index is 14.3. The van der Waals surface area contributed by atoms with Crippen molar-refractivity contribution < 1.29 is 109 Å². The second-order valence-corrected chi connectivity index (χ2v) is 15.7. The van der Waals surface area contributed by atoms with Crippen molar-refractivity contribution in [2.24, 2.45) is 0 Å². The molecule has 0 aliphatic carbocycles. The lowest BCUT2D eigenvalue weighted by Crippen LogP contribution is -2.66. The Kier molecular flexibility index (Phi) is 13.7. The topological polar surface area (TPSA) is 367 Å². The van der Waals surface area contributed by atoms with Crippen molar-refractivity contribution in [1.29, 1.82) is 0 Å². The highest BCUT2D eigenvalue weighted by Crippen LogP contribution is 2.39. The van der Waals surface area contributed by atoms with Crippen LogP contribution in [-0.2, 0) is 33.2 Å². The third-order valence-electron chi connectivity index (χ3n) is 11.3. The Labute approximate surface area is 350 Å². The van der Waals surface area contributed by atoms with E-state index < -0.39 is 157 Å². The number of ether oxygens (including phenoxy) is 8. The molecule has 2 aromatic carbocycles. The number of fused-ring (bicyclic) bond motifs is 1. The first kappa shape index (κ1) is 46.2. The van der Waals surface area contributed by atoms with E-state index in [1.54, 1.807) is 0 Å². The molecular formula is C39H50O23. The maximum Gasteiger partial charge on any atom is 0.239 e. The number of phenolic OH excluding ortho intramolecular Hbond substituents is 3. The smallest absolute Gasteiger partial charge is 0.239 e. The first-order chi connectivity index (χ1) is 29.3. The highest BCUT2D eigenvalue weighted by molar-refractivity contribution is 5.88. The van der Waals surface area contributed by atoms with Gasteiger partial charge in [-0.15, -0.1) is 0 Å². The van der Waals surface area contributed by atoms with E-state index in [9.17, 15) is 71.2 Å². The fourth-order valence-electron chi connectivity index (χ4n) is 7.62. The maximum atomic E-state index is 14.3. The molecule has 0 spiro atoms. The van der Waals surface area contributed by atoms with Crippen molar-refractivity contribution in [3.05, 3.63) is 46.6 Å². The van der Waals surface area contributed by atoms with E-state index >= 15 is 0 Å². The van der Waals surface area contributed by atoms with E-state index in [0.29, 0.717) is 0 Å². The van der Waals surface area contributed by atoms with Gasteiger partial charge in [0, 0.05) is 17.7 Å². The largest absolute Gasteiger partial charge is 0.508 e. The summed E-state index contributed by atoms with van der Waals surface area (Å²) < 4.78 is 52.2. The predicted octanol–water partition coefficient (Wildman–Crippen LogP) is -3.69. The molecule has 20 atom stereocenters. The Morgan fingerprint density at radius 2 is 1.10 bits per heavy atom. The highest BCUT2D eigenvalue weighted by atomic mass is 16.8. The number of benzene rings is 2. The molecule has 23 heteroatoms. The van der Waals surface area contributed by atoms with Gasteiger partial charge in [0.1, 0.15) is 101 Å². The van der Waals surface area contributed by atoms with Crippen LogP contribution in [0.3, 0.4) is 0 Å². The molecule has 4 aliphatic rings. The lowest BCUT2D eigenvalue weighted by atomic mass is 9.96. The Morgan fingerprint density at radius 3 is 1.73 bits per heavy atom. The van der Waals surface area contributed by atoms with Gasteiger partial charge in [-0.25, -0.2) is 0 Å². The third kappa shape index (κ3) is 8.83. The number of rotatable bonds is 10. The van der Waals surface area contributed by atoms with E-state index in [1.165, 1.54) is 45.0 Å². The van der Waals surface area contributed by atoms with Crippen molar-refractivity contribution >= 4 is 11.0 Å². The van der Waals surface area contributed by atoms with Crippen molar-refractivity contribution in [1.82, 2.24) is 0 Å². The van der Waals surface area contributed by atoms with Gasteiger partial charge in [0.15, 0.2) is 30.7 Å². The van der Waals surface area contributed by atoms with Gasteiger partial charge < -0.3 is 109 Å². The van der Waals surface area contributed by atoms with Crippen molar-refractivity contribution in [2.75, 3.05) is 6.61 Å². The predicted molar refractivity (Wildman–Crippen MR) is 201 cm³/mol. The van der Waals surface area contributed by atoms with E-state index in [2.05, 4.69) is 0 Å². The van der Waals surface area contributed by atoms with Gasteiger partial charge in [0.25, 0.3) is 0 Å². The van der Waals surface area contributed by atoms with Crippen LogP contribution in [0.1, 0.15) is 20.8 Å². The molecule has 1 aromatic heterocycles. The number of phenols is 3. The summed E-state index contributed by atoms with van der Waals surface area (Å²) in [6.45, 7) is 3.40. The van der Waals surface area contributed by atoms with Crippen molar-refractivity contribution in [3.63, 3.8) is 0 Å². The average molecular weight is 887 g/mol.